The van der Waals surface area contributed by atoms with Gasteiger partial charge in [0.25, 0.3) is 0 Å². The van der Waals surface area contributed by atoms with E-state index in [1.807, 2.05) is 0 Å². The van der Waals surface area contributed by atoms with Crippen LogP contribution in [0, 0.1) is 0 Å². The molecule has 0 amide bonds. The van der Waals surface area contributed by atoms with E-state index in [-0.39, 0.29) is 0 Å². The van der Waals surface area contributed by atoms with Crippen LogP contribution >= 0.6 is 0 Å². The lowest BCUT2D eigenvalue weighted by Gasteiger charge is -2.01. The van der Waals surface area contributed by atoms with Gasteiger partial charge in [0.15, 0.2) is 0 Å². The van der Waals surface area contributed by atoms with Crippen molar-refractivity contribution in [2.75, 3.05) is 6.54 Å². The fourth-order valence-electron chi connectivity index (χ4n) is 1.26. The highest BCUT2D eigenvalue weighted by Crippen LogP contribution is 2.19. The highest BCUT2D eigenvalue weighted by molar-refractivity contribution is 4.99. The second-order valence-corrected chi connectivity index (χ2v) is 2.48. The summed E-state index contributed by atoms with van der Waals surface area (Å²) in [4.78, 5) is 0. The molecule has 0 saturated carbocycles. The molecule has 1 aromatic rings. The Morgan fingerprint density at radius 3 is 3.30 bits per heavy atom. The van der Waals surface area contributed by atoms with Crippen molar-refractivity contribution in [3.05, 3.63) is 12.0 Å². The van der Waals surface area contributed by atoms with Crippen LogP contribution in [0.5, 0.6) is 0 Å². The topological polar surface area (TPSA) is 51.0 Å². The van der Waals surface area contributed by atoms with Crippen LogP contribution in [-0.2, 0) is 0 Å². The minimum atomic E-state index is 0.381. The molecule has 1 unspecified atom stereocenters. The van der Waals surface area contributed by atoms with Crippen LogP contribution in [0.15, 0.2) is 10.8 Å². The molecule has 10 heavy (non-hydrogen) atoms. The van der Waals surface area contributed by atoms with Crippen molar-refractivity contribution in [2.24, 2.45) is 0 Å². The van der Waals surface area contributed by atoms with Crippen LogP contribution in [-0.4, -0.2) is 16.9 Å². The molecule has 2 rings (SSSR count). The lowest BCUT2D eigenvalue weighted by atomic mass is 10.2. The van der Waals surface area contributed by atoms with Gasteiger partial charge in [-0.25, -0.2) is 0 Å². The maximum absolute atomic E-state index is 4.63. The third-order valence-electron chi connectivity index (χ3n) is 1.79. The van der Waals surface area contributed by atoms with Crippen molar-refractivity contribution in [3.63, 3.8) is 0 Å². The van der Waals surface area contributed by atoms with E-state index >= 15 is 0 Å². The Balaban J connectivity index is 2.12. The molecule has 0 radical (unpaired) electrons. The average Bonchev–Trinajstić information content (AvgIpc) is 2.59. The molecule has 4 heteroatoms. The molecular formula is C6H9N3O. The van der Waals surface area contributed by atoms with Gasteiger partial charge in [-0.1, -0.05) is 0 Å². The predicted octanol–water partition coefficient (Wildman–Crippen LogP) is 0.494. The first-order valence-corrected chi connectivity index (χ1v) is 3.47. The Labute approximate surface area is 58.6 Å². The largest absolute Gasteiger partial charge is 0.345 e. The first-order valence-electron chi connectivity index (χ1n) is 3.47. The molecule has 54 valence electrons. The second-order valence-electron chi connectivity index (χ2n) is 2.48. The van der Waals surface area contributed by atoms with Gasteiger partial charge in [0, 0.05) is 5.27 Å². The highest BCUT2D eigenvalue weighted by Gasteiger charge is 2.18. The predicted molar refractivity (Wildman–Crippen MR) is 34.3 cm³/mol. The maximum atomic E-state index is 4.63. The van der Waals surface area contributed by atoms with Gasteiger partial charge >= 0.3 is 0 Å². The fourth-order valence-corrected chi connectivity index (χ4v) is 1.26. The van der Waals surface area contributed by atoms with Crippen LogP contribution in [0.2, 0.25) is 0 Å². The van der Waals surface area contributed by atoms with E-state index in [4.69, 9.17) is 0 Å². The van der Waals surface area contributed by atoms with Crippen LogP contribution in [0.3, 0.4) is 0 Å². The summed E-state index contributed by atoms with van der Waals surface area (Å²) in [5, 5.41) is 10.5. The average molecular weight is 139 g/mol. The lowest BCUT2D eigenvalue weighted by molar-refractivity contribution is 0.392. The summed E-state index contributed by atoms with van der Waals surface area (Å²) in [5.74, 6) is 0. The molecule has 1 aliphatic rings. The van der Waals surface area contributed by atoms with Crippen LogP contribution in [0.25, 0.3) is 0 Å². The molecule has 1 N–H and O–H groups in total. The zero-order valence-electron chi connectivity index (χ0n) is 5.58. The van der Waals surface area contributed by atoms with Gasteiger partial charge in [-0.3, -0.25) is 0 Å². The lowest BCUT2D eigenvalue weighted by Crippen LogP contribution is -2.12. The van der Waals surface area contributed by atoms with Crippen molar-refractivity contribution in [2.45, 2.75) is 18.9 Å². The Kier molecular flexibility index (Phi) is 1.39. The summed E-state index contributed by atoms with van der Waals surface area (Å²) in [6.45, 7) is 1.08. The molecule has 1 atom stereocenters. The van der Waals surface area contributed by atoms with Crippen LogP contribution in [0.1, 0.15) is 24.6 Å². The summed E-state index contributed by atoms with van der Waals surface area (Å²) in [6.07, 6.45) is 3.97. The summed E-state index contributed by atoms with van der Waals surface area (Å²) < 4.78 is 4.63. The molecule has 1 aromatic heterocycles. The number of hydrogen-bond donors (Lipinski definition) is 1. The molecule has 1 saturated heterocycles. The zero-order valence-corrected chi connectivity index (χ0v) is 5.58. The van der Waals surface area contributed by atoms with Crippen LogP contribution in [0.4, 0.5) is 0 Å². The van der Waals surface area contributed by atoms with E-state index in [0.29, 0.717) is 6.04 Å². The summed E-state index contributed by atoms with van der Waals surface area (Å²) in [7, 11) is 0. The smallest absolute Gasteiger partial charge is 0.149 e. The van der Waals surface area contributed by atoms with Crippen molar-refractivity contribution >= 4 is 0 Å². The highest BCUT2D eigenvalue weighted by atomic mass is 16.5. The molecule has 2 heterocycles. The van der Waals surface area contributed by atoms with E-state index in [1.165, 1.54) is 6.42 Å². The Bertz CT molecular complexity index is 191. The van der Waals surface area contributed by atoms with Gasteiger partial charge in [0.1, 0.15) is 12.0 Å². The number of aromatic nitrogens is 2. The third-order valence-corrected chi connectivity index (χ3v) is 1.79. The summed E-state index contributed by atoms with van der Waals surface area (Å²) >= 11 is 0. The van der Waals surface area contributed by atoms with Crippen molar-refractivity contribution < 1.29 is 4.52 Å². The SMILES string of the molecule is c1onnc1C1CCCN1. The fraction of sp³-hybridized carbons (Fsp3) is 0.667. The third kappa shape index (κ3) is 0.903. The number of nitrogens with zero attached hydrogens (tertiary/aromatic N) is 2. The molecule has 0 aromatic carbocycles. The van der Waals surface area contributed by atoms with E-state index in [1.54, 1.807) is 6.26 Å². The molecule has 0 bridgehead atoms. The normalized spacial score (nSPS) is 25.4. The van der Waals surface area contributed by atoms with E-state index in [9.17, 15) is 0 Å². The Hall–Kier alpha value is -0.900. The van der Waals surface area contributed by atoms with Gasteiger partial charge in [-0.2, -0.15) is 0 Å². The quantitative estimate of drug-likeness (QED) is 0.615. The van der Waals surface area contributed by atoms with Gasteiger partial charge in [-0.15, -0.1) is 5.10 Å². The van der Waals surface area contributed by atoms with E-state index in [2.05, 4.69) is 20.2 Å². The zero-order chi connectivity index (χ0) is 6.81. The molecule has 1 aliphatic heterocycles. The van der Waals surface area contributed by atoms with E-state index < -0.39 is 0 Å². The van der Waals surface area contributed by atoms with Crippen molar-refractivity contribution in [3.8, 4) is 0 Å². The van der Waals surface area contributed by atoms with Gasteiger partial charge in [0.2, 0.25) is 0 Å². The molecule has 0 spiro atoms. The minimum Gasteiger partial charge on any atom is -0.345 e. The Morgan fingerprint density at radius 1 is 1.70 bits per heavy atom. The first-order chi connectivity index (χ1) is 4.97. The Morgan fingerprint density at radius 2 is 2.70 bits per heavy atom. The van der Waals surface area contributed by atoms with Crippen molar-refractivity contribution in [1.29, 1.82) is 0 Å². The second kappa shape index (κ2) is 2.38. The number of rotatable bonds is 1. The van der Waals surface area contributed by atoms with Gasteiger partial charge in [-0.05, 0) is 19.4 Å². The summed E-state index contributed by atoms with van der Waals surface area (Å²) in [5.41, 5.74) is 0.928. The monoisotopic (exact) mass is 139 g/mol. The standard InChI is InChI=1S/C6H9N3O/c1-2-5(7-3-1)6-4-10-9-8-6/h4-5,7H,1-3H2. The molecule has 4 nitrogen and oxygen atoms in total. The number of nitrogens with one attached hydrogen (secondary N) is 1. The minimum absolute atomic E-state index is 0.381. The molecule has 0 aliphatic carbocycles. The molecule has 1 fully saturated rings. The number of hydrogen-bond acceptors (Lipinski definition) is 4. The maximum Gasteiger partial charge on any atom is 0.149 e. The molecular weight excluding hydrogens is 130 g/mol. The first kappa shape index (κ1) is 5.85. The van der Waals surface area contributed by atoms with Crippen molar-refractivity contribution in [1.82, 2.24) is 15.7 Å². The van der Waals surface area contributed by atoms with Gasteiger partial charge in [0.05, 0.1) is 6.04 Å². The van der Waals surface area contributed by atoms with E-state index in [0.717, 1.165) is 18.7 Å². The van der Waals surface area contributed by atoms with Crippen LogP contribution < -0.4 is 5.32 Å². The summed E-state index contributed by atoms with van der Waals surface area (Å²) in [6, 6.07) is 0.381. The van der Waals surface area contributed by atoms with Gasteiger partial charge < -0.3 is 9.84 Å².